The van der Waals surface area contributed by atoms with Crippen molar-refractivity contribution < 1.29 is 9.59 Å². The van der Waals surface area contributed by atoms with E-state index in [0.29, 0.717) is 0 Å². The van der Waals surface area contributed by atoms with Crippen LogP contribution in [0, 0.1) is 0 Å². The van der Waals surface area contributed by atoms with Gasteiger partial charge in [-0.15, -0.1) is 0 Å². The molecule has 0 spiro atoms. The SMILES string of the molecule is CC[C@H](C)NC(=O)C(=O)NC1CCCC1. The molecule has 2 amide bonds. The van der Waals surface area contributed by atoms with Crippen LogP contribution in [0.25, 0.3) is 0 Å². The highest BCUT2D eigenvalue weighted by Gasteiger charge is 2.21. The first-order valence-corrected chi connectivity index (χ1v) is 5.74. The van der Waals surface area contributed by atoms with Gasteiger partial charge in [0.2, 0.25) is 0 Å². The molecule has 1 rings (SSSR count). The summed E-state index contributed by atoms with van der Waals surface area (Å²) in [6.45, 7) is 3.86. The molecule has 0 heterocycles. The molecule has 0 aromatic carbocycles. The van der Waals surface area contributed by atoms with Crippen LogP contribution in [-0.2, 0) is 9.59 Å². The van der Waals surface area contributed by atoms with Crippen molar-refractivity contribution in [2.45, 2.75) is 58.0 Å². The second-order valence-electron chi connectivity index (χ2n) is 4.24. The predicted molar refractivity (Wildman–Crippen MR) is 58.3 cm³/mol. The van der Waals surface area contributed by atoms with Crippen LogP contribution in [0.4, 0.5) is 0 Å². The fourth-order valence-electron chi connectivity index (χ4n) is 1.71. The van der Waals surface area contributed by atoms with Gasteiger partial charge in [0.15, 0.2) is 0 Å². The van der Waals surface area contributed by atoms with Crippen molar-refractivity contribution in [2.75, 3.05) is 0 Å². The summed E-state index contributed by atoms with van der Waals surface area (Å²) in [5.74, 6) is -0.988. The largest absolute Gasteiger partial charge is 0.345 e. The third-order valence-electron chi connectivity index (χ3n) is 2.89. The van der Waals surface area contributed by atoms with Crippen molar-refractivity contribution in [2.24, 2.45) is 0 Å². The molecule has 2 N–H and O–H groups in total. The minimum atomic E-state index is -0.503. The van der Waals surface area contributed by atoms with Gasteiger partial charge in [-0.3, -0.25) is 9.59 Å². The van der Waals surface area contributed by atoms with Gasteiger partial charge in [0.1, 0.15) is 0 Å². The van der Waals surface area contributed by atoms with Gasteiger partial charge in [0, 0.05) is 12.1 Å². The summed E-state index contributed by atoms with van der Waals surface area (Å²) in [7, 11) is 0. The molecule has 0 saturated heterocycles. The van der Waals surface area contributed by atoms with Crippen LogP contribution in [0.1, 0.15) is 46.0 Å². The van der Waals surface area contributed by atoms with E-state index in [1.807, 2.05) is 13.8 Å². The van der Waals surface area contributed by atoms with Gasteiger partial charge in [0.05, 0.1) is 0 Å². The molecule has 1 fully saturated rings. The van der Waals surface area contributed by atoms with Gasteiger partial charge in [-0.1, -0.05) is 19.8 Å². The lowest BCUT2D eigenvalue weighted by atomic mass is 10.2. The van der Waals surface area contributed by atoms with Crippen LogP contribution in [0.2, 0.25) is 0 Å². The van der Waals surface area contributed by atoms with Crippen LogP contribution in [0.3, 0.4) is 0 Å². The molecule has 0 aliphatic heterocycles. The average Bonchev–Trinajstić information content (AvgIpc) is 2.70. The minimum absolute atomic E-state index is 0.0619. The molecule has 0 aromatic heterocycles. The van der Waals surface area contributed by atoms with Gasteiger partial charge in [-0.25, -0.2) is 0 Å². The van der Waals surface area contributed by atoms with Crippen LogP contribution < -0.4 is 10.6 Å². The van der Waals surface area contributed by atoms with Gasteiger partial charge in [-0.05, 0) is 26.2 Å². The molecule has 0 radical (unpaired) electrons. The molecule has 1 aliphatic carbocycles. The first-order valence-electron chi connectivity index (χ1n) is 5.74. The van der Waals surface area contributed by atoms with Gasteiger partial charge < -0.3 is 10.6 Å². The molecule has 0 aromatic rings. The van der Waals surface area contributed by atoms with Crippen LogP contribution in [0.15, 0.2) is 0 Å². The number of rotatable bonds is 3. The lowest BCUT2D eigenvalue weighted by Gasteiger charge is -2.14. The Bertz CT molecular complexity index is 235. The Morgan fingerprint density at radius 2 is 1.87 bits per heavy atom. The summed E-state index contributed by atoms with van der Waals surface area (Å²) in [6, 6.07) is 0.270. The molecule has 1 saturated carbocycles. The highest BCUT2D eigenvalue weighted by Crippen LogP contribution is 2.17. The molecule has 15 heavy (non-hydrogen) atoms. The zero-order valence-corrected chi connectivity index (χ0v) is 9.51. The second-order valence-corrected chi connectivity index (χ2v) is 4.24. The summed E-state index contributed by atoms with van der Waals surface area (Å²) >= 11 is 0. The third-order valence-corrected chi connectivity index (χ3v) is 2.89. The quantitative estimate of drug-likeness (QED) is 0.685. The van der Waals surface area contributed by atoms with E-state index in [0.717, 1.165) is 32.1 Å². The molecule has 1 atom stereocenters. The first kappa shape index (κ1) is 12.0. The number of amides is 2. The number of hydrogen-bond acceptors (Lipinski definition) is 2. The fraction of sp³-hybridized carbons (Fsp3) is 0.818. The van der Waals surface area contributed by atoms with E-state index in [1.165, 1.54) is 0 Å². The molecule has 0 bridgehead atoms. The lowest BCUT2D eigenvalue weighted by molar-refractivity contribution is -0.140. The van der Waals surface area contributed by atoms with Crippen LogP contribution in [-0.4, -0.2) is 23.9 Å². The summed E-state index contributed by atoms with van der Waals surface area (Å²) < 4.78 is 0. The minimum Gasteiger partial charge on any atom is -0.345 e. The zero-order chi connectivity index (χ0) is 11.3. The van der Waals surface area contributed by atoms with E-state index in [1.54, 1.807) is 0 Å². The summed E-state index contributed by atoms with van der Waals surface area (Å²) in [4.78, 5) is 22.8. The Balaban J connectivity index is 2.29. The standard InChI is InChI=1S/C11H20N2O2/c1-3-8(2)12-10(14)11(15)13-9-6-4-5-7-9/h8-9H,3-7H2,1-2H3,(H,12,14)(H,13,15)/t8-/m0/s1. The molecule has 86 valence electrons. The Morgan fingerprint density at radius 3 is 2.40 bits per heavy atom. The number of nitrogens with one attached hydrogen (secondary N) is 2. The average molecular weight is 212 g/mol. The monoisotopic (exact) mass is 212 g/mol. The number of carbonyl (C=O) groups excluding carboxylic acids is 2. The molecule has 0 unspecified atom stereocenters. The van der Waals surface area contributed by atoms with Crippen LogP contribution in [0.5, 0.6) is 0 Å². The van der Waals surface area contributed by atoms with Crippen molar-refractivity contribution in [1.82, 2.24) is 10.6 Å². The molecule has 1 aliphatic rings. The maximum atomic E-state index is 11.4. The molecular weight excluding hydrogens is 192 g/mol. The van der Waals surface area contributed by atoms with Crippen molar-refractivity contribution in [3.05, 3.63) is 0 Å². The topological polar surface area (TPSA) is 58.2 Å². The van der Waals surface area contributed by atoms with E-state index in [2.05, 4.69) is 10.6 Å². The first-order chi connectivity index (χ1) is 7.13. The van der Waals surface area contributed by atoms with Crippen LogP contribution >= 0.6 is 0 Å². The third kappa shape index (κ3) is 3.90. The Hall–Kier alpha value is -1.06. The number of hydrogen-bond donors (Lipinski definition) is 2. The smallest absolute Gasteiger partial charge is 0.309 e. The van der Waals surface area contributed by atoms with E-state index >= 15 is 0 Å². The zero-order valence-electron chi connectivity index (χ0n) is 9.51. The van der Waals surface area contributed by atoms with E-state index in [9.17, 15) is 9.59 Å². The molecular formula is C11H20N2O2. The normalized spacial score (nSPS) is 18.5. The number of carbonyl (C=O) groups is 2. The predicted octanol–water partition coefficient (Wildman–Crippen LogP) is 0.960. The van der Waals surface area contributed by atoms with E-state index < -0.39 is 11.8 Å². The van der Waals surface area contributed by atoms with E-state index in [-0.39, 0.29) is 12.1 Å². The Morgan fingerprint density at radius 1 is 1.27 bits per heavy atom. The van der Waals surface area contributed by atoms with Crippen molar-refractivity contribution in [3.63, 3.8) is 0 Å². The van der Waals surface area contributed by atoms with Crippen molar-refractivity contribution in [1.29, 1.82) is 0 Å². The van der Waals surface area contributed by atoms with Gasteiger partial charge in [-0.2, -0.15) is 0 Å². The van der Waals surface area contributed by atoms with Gasteiger partial charge in [0.25, 0.3) is 0 Å². The summed E-state index contributed by atoms with van der Waals surface area (Å²) in [6.07, 6.45) is 5.14. The maximum absolute atomic E-state index is 11.4. The Kier molecular flexibility index (Phi) is 4.59. The Labute approximate surface area is 90.8 Å². The van der Waals surface area contributed by atoms with Gasteiger partial charge >= 0.3 is 11.8 Å². The molecule has 4 heteroatoms. The van der Waals surface area contributed by atoms with E-state index in [4.69, 9.17) is 0 Å². The summed E-state index contributed by atoms with van der Waals surface area (Å²) in [5.41, 5.74) is 0. The lowest BCUT2D eigenvalue weighted by Crippen LogP contribution is -2.46. The fourth-order valence-corrected chi connectivity index (χ4v) is 1.71. The summed E-state index contributed by atoms with van der Waals surface area (Å²) in [5, 5.41) is 5.41. The molecule has 4 nitrogen and oxygen atoms in total. The van der Waals surface area contributed by atoms with Crippen molar-refractivity contribution >= 4 is 11.8 Å². The highest BCUT2D eigenvalue weighted by molar-refractivity contribution is 6.35. The van der Waals surface area contributed by atoms with Crippen molar-refractivity contribution in [3.8, 4) is 0 Å². The second kappa shape index (κ2) is 5.73. The maximum Gasteiger partial charge on any atom is 0.309 e. The highest BCUT2D eigenvalue weighted by atomic mass is 16.2.